The van der Waals surface area contributed by atoms with Crippen molar-refractivity contribution in [2.45, 2.75) is 53.5 Å². The minimum Gasteiger partial charge on any atom is -0.318 e. The van der Waals surface area contributed by atoms with E-state index < -0.39 is 0 Å². The van der Waals surface area contributed by atoms with E-state index in [0.717, 1.165) is 18.8 Å². The fraction of sp³-hybridized carbons (Fsp3) is 0.818. The standard InChI is InChI=1S/C11H21N3/c1-5-6-7-14-9-12-13-10(14)8-11(2,3)4/h9H,5-8H2,1-4H3. The third-order valence-corrected chi connectivity index (χ3v) is 2.14. The second-order valence-electron chi connectivity index (χ2n) is 5.03. The van der Waals surface area contributed by atoms with Gasteiger partial charge in [-0.15, -0.1) is 10.2 Å². The molecule has 1 aromatic heterocycles. The Balaban J connectivity index is 2.63. The van der Waals surface area contributed by atoms with Crippen molar-refractivity contribution < 1.29 is 0 Å². The van der Waals surface area contributed by atoms with Crippen LogP contribution >= 0.6 is 0 Å². The van der Waals surface area contributed by atoms with Crippen LogP contribution in [0.5, 0.6) is 0 Å². The van der Waals surface area contributed by atoms with E-state index in [1.807, 2.05) is 6.33 Å². The van der Waals surface area contributed by atoms with E-state index in [1.54, 1.807) is 0 Å². The first-order valence-corrected chi connectivity index (χ1v) is 5.39. The molecule has 0 radical (unpaired) electrons. The molecule has 80 valence electrons. The van der Waals surface area contributed by atoms with Gasteiger partial charge >= 0.3 is 0 Å². The molecular weight excluding hydrogens is 174 g/mol. The van der Waals surface area contributed by atoms with Crippen LogP contribution < -0.4 is 0 Å². The lowest BCUT2D eigenvalue weighted by atomic mass is 9.92. The summed E-state index contributed by atoms with van der Waals surface area (Å²) in [4.78, 5) is 0. The van der Waals surface area contributed by atoms with E-state index in [2.05, 4.69) is 42.5 Å². The Morgan fingerprint density at radius 3 is 2.64 bits per heavy atom. The SMILES string of the molecule is CCCCn1cnnc1CC(C)(C)C. The van der Waals surface area contributed by atoms with Crippen LogP contribution in [0.2, 0.25) is 0 Å². The van der Waals surface area contributed by atoms with Crippen molar-refractivity contribution in [3.05, 3.63) is 12.2 Å². The summed E-state index contributed by atoms with van der Waals surface area (Å²) in [6.45, 7) is 9.94. The quantitative estimate of drug-likeness (QED) is 0.739. The van der Waals surface area contributed by atoms with Crippen LogP contribution in [0.15, 0.2) is 6.33 Å². The summed E-state index contributed by atoms with van der Waals surface area (Å²) in [7, 11) is 0. The molecule has 0 amide bonds. The summed E-state index contributed by atoms with van der Waals surface area (Å²) in [5.74, 6) is 1.12. The summed E-state index contributed by atoms with van der Waals surface area (Å²) in [5, 5.41) is 8.14. The summed E-state index contributed by atoms with van der Waals surface area (Å²) in [6, 6.07) is 0. The van der Waals surface area contributed by atoms with Gasteiger partial charge in [-0.3, -0.25) is 0 Å². The third-order valence-electron chi connectivity index (χ3n) is 2.14. The Morgan fingerprint density at radius 2 is 2.07 bits per heavy atom. The van der Waals surface area contributed by atoms with Crippen molar-refractivity contribution in [1.82, 2.24) is 14.8 Å². The van der Waals surface area contributed by atoms with Gasteiger partial charge in [-0.05, 0) is 11.8 Å². The minimum absolute atomic E-state index is 0.289. The summed E-state index contributed by atoms with van der Waals surface area (Å²) in [6.07, 6.45) is 5.26. The zero-order valence-electron chi connectivity index (χ0n) is 9.75. The smallest absolute Gasteiger partial charge is 0.133 e. The van der Waals surface area contributed by atoms with Gasteiger partial charge in [-0.2, -0.15) is 0 Å². The normalized spacial score (nSPS) is 12.0. The summed E-state index contributed by atoms with van der Waals surface area (Å²) >= 11 is 0. The van der Waals surface area contributed by atoms with E-state index in [-0.39, 0.29) is 5.41 Å². The lowest BCUT2D eigenvalue weighted by Gasteiger charge is -2.17. The fourth-order valence-corrected chi connectivity index (χ4v) is 1.41. The van der Waals surface area contributed by atoms with Gasteiger partial charge in [-0.25, -0.2) is 0 Å². The highest BCUT2D eigenvalue weighted by molar-refractivity contribution is 4.90. The molecule has 3 heteroatoms. The van der Waals surface area contributed by atoms with Crippen molar-refractivity contribution in [3.63, 3.8) is 0 Å². The van der Waals surface area contributed by atoms with Gasteiger partial charge < -0.3 is 4.57 Å². The molecule has 0 bridgehead atoms. The van der Waals surface area contributed by atoms with Crippen molar-refractivity contribution in [2.24, 2.45) is 5.41 Å². The molecule has 0 unspecified atom stereocenters. The van der Waals surface area contributed by atoms with Crippen LogP contribution in [0.4, 0.5) is 0 Å². The second-order valence-corrected chi connectivity index (χ2v) is 5.03. The van der Waals surface area contributed by atoms with Crippen LogP contribution in [-0.4, -0.2) is 14.8 Å². The number of hydrogen-bond acceptors (Lipinski definition) is 2. The van der Waals surface area contributed by atoms with Crippen LogP contribution in [0, 0.1) is 5.41 Å². The molecule has 0 fully saturated rings. The molecule has 14 heavy (non-hydrogen) atoms. The highest BCUT2D eigenvalue weighted by Crippen LogP contribution is 2.19. The Hall–Kier alpha value is -0.860. The van der Waals surface area contributed by atoms with E-state index >= 15 is 0 Å². The topological polar surface area (TPSA) is 30.7 Å². The molecule has 0 aliphatic rings. The zero-order chi connectivity index (χ0) is 10.6. The molecule has 1 rings (SSSR count). The number of aryl methyl sites for hydroxylation is 1. The summed E-state index contributed by atoms with van der Waals surface area (Å²) < 4.78 is 2.18. The molecule has 0 N–H and O–H groups in total. The number of hydrogen-bond donors (Lipinski definition) is 0. The lowest BCUT2D eigenvalue weighted by Crippen LogP contribution is -2.14. The number of aromatic nitrogens is 3. The van der Waals surface area contributed by atoms with Gasteiger partial charge in [-0.1, -0.05) is 34.1 Å². The van der Waals surface area contributed by atoms with E-state index in [0.29, 0.717) is 0 Å². The highest BCUT2D eigenvalue weighted by Gasteiger charge is 2.15. The van der Waals surface area contributed by atoms with Crippen LogP contribution in [0.1, 0.15) is 46.4 Å². The van der Waals surface area contributed by atoms with Gasteiger partial charge in [0.2, 0.25) is 0 Å². The molecular formula is C11H21N3. The first kappa shape index (κ1) is 11.2. The maximum absolute atomic E-state index is 4.17. The van der Waals surface area contributed by atoms with Crippen molar-refractivity contribution in [2.75, 3.05) is 0 Å². The highest BCUT2D eigenvalue weighted by atomic mass is 15.3. The minimum atomic E-state index is 0.289. The second kappa shape index (κ2) is 4.58. The van der Waals surface area contributed by atoms with Gasteiger partial charge in [0.25, 0.3) is 0 Å². The average Bonchev–Trinajstić information content (AvgIpc) is 2.45. The van der Waals surface area contributed by atoms with Crippen molar-refractivity contribution >= 4 is 0 Å². The Bertz CT molecular complexity index is 270. The van der Waals surface area contributed by atoms with E-state index in [9.17, 15) is 0 Å². The molecule has 0 atom stereocenters. The van der Waals surface area contributed by atoms with E-state index in [4.69, 9.17) is 0 Å². The lowest BCUT2D eigenvalue weighted by molar-refractivity contribution is 0.390. The largest absolute Gasteiger partial charge is 0.318 e. The van der Waals surface area contributed by atoms with Crippen molar-refractivity contribution in [1.29, 1.82) is 0 Å². The van der Waals surface area contributed by atoms with Crippen LogP contribution in [-0.2, 0) is 13.0 Å². The van der Waals surface area contributed by atoms with Gasteiger partial charge in [0, 0.05) is 13.0 Å². The first-order valence-electron chi connectivity index (χ1n) is 5.39. The Kier molecular flexibility index (Phi) is 3.67. The predicted octanol–water partition coefficient (Wildman–Crippen LogP) is 2.67. The third kappa shape index (κ3) is 3.48. The molecule has 1 aromatic rings. The summed E-state index contributed by atoms with van der Waals surface area (Å²) in [5.41, 5.74) is 0.289. The Morgan fingerprint density at radius 1 is 1.36 bits per heavy atom. The molecule has 0 aromatic carbocycles. The molecule has 0 spiro atoms. The maximum Gasteiger partial charge on any atom is 0.133 e. The molecule has 0 aliphatic heterocycles. The number of nitrogens with zero attached hydrogens (tertiary/aromatic N) is 3. The molecule has 0 aliphatic carbocycles. The van der Waals surface area contributed by atoms with Crippen LogP contribution in [0.25, 0.3) is 0 Å². The molecule has 0 saturated heterocycles. The zero-order valence-corrected chi connectivity index (χ0v) is 9.75. The number of unbranched alkanes of at least 4 members (excludes halogenated alkanes) is 1. The maximum atomic E-state index is 4.17. The molecule has 3 nitrogen and oxygen atoms in total. The van der Waals surface area contributed by atoms with Crippen molar-refractivity contribution in [3.8, 4) is 0 Å². The van der Waals surface area contributed by atoms with Gasteiger partial charge in [0.1, 0.15) is 12.2 Å². The predicted molar refractivity (Wildman–Crippen MR) is 58.1 cm³/mol. The number of rotatable bonds is 4. The van der Waals surface area contributed by atoms with Gasteiger partial charge in [0.15, 0.2) is 0 Å². The monoisotopic (exact) mass is 195 g/mol. The van der Waals surface area contributed by atoms with E-state index in [1.165, 1.54) is 12.8 Å². The molecule has 1 heterocycles. The average molecular weight is 195 g/mol. The first-order chi connectivity index (χ1) is 6.53. The van der Waals surface area contributed by atoms with Gasteiger partial charge in [0.05, 0.1) is 0 Å². The fourth-order valence-electron chi connectivity index (χ4n) is 1.41. The van der Waals surface area contributed by atoms with Crippen LogP contribution in [0.3, 0.4) is 0 Å². The Labute approximate surface area is 86.5 Å². The molecule has 0 saturated carbocycles.